The minimum absolute atomic E-state index is 0.142. The van der Waals surface area contributed by atoms with Gasteiger partial charge in [0.05, 0.1) is 11.9 Å². The highest BCUT2D eigenvalue weighted by atomic mass is 15.5. The number of aromatic nitrogens is 5. The van der Waals surface area contributed by atoms with E-state index in [0.717, 1.165) is 17.0 Å². The molecule has 0 saturated carbocycles. The predicted octanol–water partition coefficient (Wildman–Crippen LogP) is 3.57. The van der Waals surface area contributed by atoms with Gasteiger partial charge in [-0.3, -0.25) is 0 Å². The highest BCUT2D eigenvalue weighted by Gasteiger charge is 2.14. The third-order valence-electron chi connectivity index (χ3n) is 4.08. The lowest BCUT2D eigenvalue weighted by Gasteiger charge is -2.18. The zero-order valence-electron chi connectivity index (χ0n) is 15.6. The van der Waals surface area contributed by atoms with Crippen molar-refractivity contribution in [3.63, 3.8) is 0 Å². The normalized spacial score (nSPS) is 12.2. The summed E-state index contributed by atoms with van der Waals surface area (Å²) in [6, 6.07) is 10.4. The Morgan fingerprint density at radius 1 is 1.00 bits per heavy atom. The first kappa shape index (κ1) is 17.1. The van der Waals surface area contributed by atoms with Crippen LogP contribution in [0, 0.1) is 20.8 Å². The molecule has 0 radical (unpaired) electrons. The summed E-state index contributed by atoms with van der Waals surface area (Å²) in [5, 5.41) is 17.4. The van der Waals surface area contributed by atoms with Crippen LogP contribution in [-0.2, 0) is 5.41 Å². The van der Waals surface area contributed by atoms with Gasteiger partial charge < -0.3 is 0 Å². The van der Waals surface area contributed by atoms with Gasteiger partial charge in [0.2, 0.25) is 0 Å². The Hall–Kier alpha value is -2.76. The fourth-order valence-electron chi connectivity index (χ4n) is 2.64. The van der Waals surface area contributed by atoms with Gasteiger partial charge in [-0.1, -0.05) is 45.0 Å². The van der Waals surface area contributed by atoms with Crippen LogP contribution in [-0.4, -0.2) is 30.9 Å². The molecule has 0 unspecified atom stereocenters. The smallest absolute Gasteiger partial charge is 0.202 e. The molecule has 130 valence electrons. The lowest BCUT2D eigenvalue weighted by atomic mass is 9.87. The summed E-state index contributed by atoms with van der Waals surface area (Å²) in [7, 11) is 0. The second-order valence-corrected chi connectivity index (χ2v) is 7.31. The van der Waals surface area contributed by atoms with Crippen LogP contribution in [0.4, 0.5) is 0 Å². The zero-order chi connectivity index (χ0) is 18.2. The van der Waals surface area contributed by atoms with E-state index < -0.39 is 0 Å². The summed E-state index contributed by atoms with van der Waals surface area (Å²) in [6.45, 7) is 12.4. The second kappa shape index (κ2) is 6.27. The van der Waals surface area contributed by atoms with E-state index in [9.17, 15) is 0 Å². The van der Waals surface area contributed by atoms with E-state index in [1.54, 1.807) is 9.36 Å². The lowest BCUT2D eigenvalue weighted by Crippen LogP contribution is -2.10. The molecule has 2 aromatic heterocycles. The second-order valence-electron chi connectivity index (χ2n) is 7.31. The molecule has 3 aromatic rings. The van der Waals surface area contributed by atoms with Gasteiger partial charge in [0.1, 0.15) is 0 Å². The van der Waals surface area contributed by atoms with E-state index >= 15 is 0 Å². The number of aryl methyl sites for hydroxylation is 3. The average molecular weight is 336 g/mol. The zero-order valence-corrected chi connectivity index (χ0v) is 15.6. The van der Waals surface area contributed by atoms with Gasteiger partial charge >= 0.3 is 0 Å². The molecule has 0 spiro atoms. The molecule has 0 aliphatic heterocycles. The number of hydrogen-bond acceptors (Lipinski definition) is 4. The minimum Gasteiger partial charge on any atom is -0.202 e. The first-order chi connectivity index (χ1) is 11.8. The van der Waals surface area contributed by atoms with Gasteiger partial charge in [0, 0.05) is 5.69 Å². The molecule has 25 heavy (non-hydrogen) atoms. The summed E-state index contributed by atoms with van der Waals surface area (Å²) in [5.41, 5.74) is 4.40. The highest BCUT2D eigenvalue weighted by molar-refractivity contribution is 5.79. The van der Waals surface area contributed by atoms with E-state index in [1.807, 2.05) is 33.1 Å². The first-order valence-corrected chi connectivity index (χ1v) is 8.36. The van der Waals surface area contributed by atoms with Crippen LogP contribution in [0.25, 0.3) is 5.95 Å². The molecule has 0 saturated heterocycles. The fourth-order valence-corrected chi connectivity index (χ4v) is 2.64. The maximum absolute atomic E-state index is 4.56. The maximum atomic E-state index is 4.56. The molecule has 0 fully saturated rings. The van der Waals surface area contributed by atoms with Crippen molar-refractivity contribution in [1.29, 1.82) is 0 Å². The summed E-state index contributed by atoms with van der Waals surface area (Å²) in [4.78, 5) is 0. The van der Waals surface area contributed by atoms with E-state index in [0.29, 0.717) is 11.8 Å². The van der Waals surface area contributed by atoms with Gasteiger partial charge in [-0.15, -0.1) is 10.2 Å². The van der Waals surface area contributed by atoms with Gasteiger partial charge in [-0.05, 0) is 43.4 Å². The molecule has 0 atom stereocenters. The van der Waals surface area contributed by atoms with Crippen molar-refractivity contribution < 1.29 is 0 Å². The van der Waals surface area contributed by atoms with E-state index in [4.69, 9.17) is 0 Å². The fraction of sp³-hybridized carbons (Fsp3) is 0.368. The van der Waals surface area contributed by atoms with E-state index in [-0.39, 0.29) is 5.41 Å². The number of benzene rings is 1. The molecular formula is C19H24N6. The Morgan fingerprint density at radius 2 is 1.68 bits per heavy atom. The molecule has 2 heterocycles. The number of rotatable bonds is 3. The van der Waals surface area contributed by atoms with Crippen molar-refractivity contribution in [2.45, 2.75) is 47.0 Å². The van der Waals surface area contributed by atoms with Gasteiger partial charge in [-0.25, -0.2) is 4.68 Å². The Kier molecular flexibility index (Phi) is 4.29. The van der Waals surface area contributed by atoms with Crippen LogP contribution in [0.3, 0.4) is 0 Å². The standard InChI is InChI=1S/C19H24N6/c1-13-11-14(2)24(23-13)18-22-21-15(3)25(18)20-12-16-7-9-17(10-8-16)19(4,5)6/h7-12H,1-6H3/b20-12+. The Labute approximate surface area is 148 Å². The van der Waals surface area contributed by atoms with Crippen LogP contribution < -0.4 is 0 Å². The summed E-state index contributed by atoms with van der Waals surface area (Å²) < 4.78 is 3.46. The topological polar surface area (TPSA) is 60.9 Å². The van der Waals surface area contributed by atoms with Crippen LogP contribution in [0.15, 0.2) is 35.4 Å². The number of nitrogens with zero attached hydrogens (tertiary/aromatic N) is 6. The van der Waals surface area contributed by atoms with Crippen molar-refractivity contribution in [1.82, 2.24) is 24.7 Å². The van der Waals surface area contributed by atoms with Crippen LogP contribution >= 0.6 is 0 Å². The van der Waals surface area contributed by atoms with Crippen molar-refractivity contribution >= 4 is 6.21 Å². The van der Waals surface area contributed by atoms with Crippen LogP contribution in [0.5, 0.6) is 0 Å². The molecule has 0 N–H and O–H groups in total. The molecule has 0 aliphatic rings. The predicted molar refractivity (Wildman–Crippen MR) is 99.5 cm³/mol. The van der Waals surface area contributed by atoms with Crippen molar-refractivity contribution in [2.24, 2.45) is 5.10 Å². The molecule has 0 aliphatic carbocycles. The molecule has 3 rings (SSSR count). The lowest BCUT2D eigenvalue weighted by molar-refractivity contribution is 0.590. The van der Waals surface area contributed by atoms with Crippen molar-refractivity contribution in [2.75, 3.05) is 0 Å². The van der Waals surface area contributed by atoms with Crippen molar-refractivity contribution in [3.8, 4) is 5.95 Å². The highest BCUT2D eigenvalue weighted by Crippen LogP contribution is 2.21. The Morgan fingerprint density at radius 3 is 2.24 bits per heavy atom. The SMILES string of the molecule is Cc1cc(C)n(-c2nnc(C)n2/N=C/c2ccc(C(C)(C)C)cc2)n1. The molecule has 0 bridgehead atoms. The molecule has 6 heteroatoms. The van der Waals surface area contributed by atoms with Crippen LogP contribution in [0.2, 0.25) is 0 Å². The molecule has 6 nitrogen and oxygen atoms in total. The van der Waals surface area contributed by atoms with E-state index in [1.165, 1.54) is 5.56 Å². The summed E-state index contributed by atoms with van der Waals surface area (Å²) in [6.07, 6.45) is 1.82. The largest absolute Gasteiger partial charge is 0.273 e. The molecular weight excluding hydrogens is 312 g/mol. The third-order valence-corrected chi connectivity index (χ3v) is 4.08. The molecule has 1 aromatic carbocycles. The summed E-state index contributed by atoms with van der Waals surface area (Å²) >= 11 is 0. The molecule has 0 amide bonds. The first-order valence-electron chi connectivity index (χ1n) is 8.36. The maximum Gasteiger partial charge on any atom is 0.273 e. The number of hydrogen-bond donors (Lipinski definition) is 0. The van der Waals surface area contributed by atoms with Crippen LogP contribution in [0.1, 0.15) is 49.1 Å². The quantitative estimate of drug-likeness (QED) is 0.687. The van der Waals surface area contributed by atoms with Gasteiger partial charge in [-0.2, -0.15) is 14.9 Å². The minimum atomic E-state index is 0.142. The summed E-state index contributed by atoms with van der Waals surface area (Å²) in [5.74, 6) is 1.30. The monoisotopic (exact) mass is 336 g/mol. The average Bonchev–Trinajstić information content (AvgIpc) is 3.06. The Bertz CT molecular complexity index is 907. The third kappa shape index (κ3) is 3.52. The van der Waals surface area contributed by atoms with E-state index in [2.05, 4.69) is 65.4 Å². The van der Waals surface area contributed by atoms with Gasteiger partial charge in [0.15, 0.2) is 5.82 Å². The van der Waals surface area contributed by atoms with Crippen molar-refractivity contribution in [3.05, 3.63) is 58.7 Å². The Balaban J connectivity index is 1.92. The van der Waals surface area contributed by atoms with Gasteiger partial charge in [0.25, 0.3) is 5.95 Å².